The van der Waals surface area contributed by atoms with Gasteiger partial charge < -0.3 is 0 Å². The Hall–Kier alpha value is 0.0994. The van der Waals surface area contributed by atoms with Crippen molar-refractivity contribution in [2.75, 3.05) is 0 Å². The van der Waals surface area contributed by atoms with Crippen LogP contribution in [0.5, 0.6) is 0 Å². The number of hydrogen-bond donors (Lipinski definition) is 0. The average molecular weight is 1210 g/mol. The summed E-state index contributed by atoms with van der Waals surface area (Å²) in [5.41, 5.74) is 7.73. The molecule has 6 aromatic carbocycles. The first kappa shape index (κ1) is 49.2. The molecule has 6 rings (SSSR count). The number of para-hydroxylation sites is 4. The van der Waals surface area contributed by atoms with Crippen LogP contribution in [0.3, 0.4) is 0 Å². The molecule has 0 radical (unpaired) electrons. The molecule has 0 atom stereocenters. The monoisotopic (exact) mass is 1210 g/mol. The van der Waals surface area contributed by atoms with E-state index in [0.29, 0.717) is 0 Å². The fraction of sp³-hybridized carbons (Fsp3) is 0. The van der Waals surface area contributed by atoms with Crippen molar-refractivity contribution in [3.63, 3.8) is 0 Å². The Balaban J connectivity index is 0.000000301. The van der Waals surface area contributed by atoms with Gasteiger partial charge in [0.15, 0.2) is 0 Å². The van der Waals surface area contributed by atoms with E-state index in [1.165, 1.54) is 63.2 Å². The third kappa shape index (κ3) is 25.2. The molecular weight excluding hydrogens is 1180 g/mol. The van der Waals surface area contributed by atoms with E-state index in [9.17, 15) is 0 Å². The number of nitrogens with zero attached hydrogens (tertiary/aromatic N) is 4. The standard InChI is InChI=1S/C20H16N2.C20H15N2.5ClH.2K.2Pt/c2*1-3-10-19(11-4-1)21-15-17-8-7-9-18(14-17)16-22-20-12-5-2-6-13-20;;;;;;;;;/h1-16H;1-13,15-16H;5*1H;;;;/q;-1;;;;;;;;+2;+4/p-5. The molecule has 0 unspecified atom stereocenters. The first-order valence-corrected chi connectivity index (χ1v) is 46.0. The van der Waals surface area contributed by atoms with E-state index in [4.69, 9.17) is 37.7 Å². The van der Waals surface area contributed by atoms with Crippen molar-refractivity contribution in [3.05, 3.63) is 192 Å². The molecule has 0 aliphatic rings. The van der Waals surface area contributed by atoms with Gasteiger partial charge in [0.2, 0.25) is 0 Å². The van der Waals surface area contributed by atoms with E-state index < -0.39 is 11.9 Å². The molecule has 0 N–H and O–H groups in total. The first-order chi connectivity index (χ1) is 25.8. The van der Waals surface area contributed by atoms with Crippen LogP contribution in [-0.2, 0) is 30.7 Å². The summed E-state index contributed by atoms with van der Waals surface area (Å²) in [7, 11) is 24.6. The molecule has 0 aliphatic heterocycles. The molecule has 4 nitrogen and oxygen atoms in total. The Bertz CT molecular complexity index is 1690. The molecule has 0 fully saturated rings. The molecular formula is C40H31Cl5K2N4Pt2. The van der Waals surface area contributed by atoms with Gasteiger partial charge in [-0.05, 0) is 78.2 Å². The van der Waals surface area contributed by atoms with E-state index in [1.807, 2.05) is 183 Å². The summed E-state index contributed by atoms with van der Waals surface area (Å²) in [6.45, 7) is 0. The minimum atomic E-state index is -3.06. The average Bonchev–Trinajstić information content (AvgIpc) is 3.21. The maximum absolute atomic E-state index is 5.01. The predicted molar refractivity (Wildman–Crippen MR) is 227 cm³/mol. The van der Waals surface area contributed by atoms with Crippen LogP contribution in [0.2, 0.25) is 0 Å². The Morgan fingerprint density at radius 2 is 0.679 bits per heavy atom. The number of halogens is 5. The largest absolute Gasteiger partial charge is 0.295 e. The summed E-state index contributed by atoms with van der Waals surface area (Å²) in [5, 5.41) is 0. The van der Waals surface area contributed by atoms with Gasteiger partial charge in [0.1, 0.15) is 0 Å². The molecule has 268 valence electrons. The minimum Gasteiger partial charge on any atom is -0.295 e. The molecule has 53 heavy (non-hydrogen) atoms. The van der Waals surface area contributed by atoms with Crippen molar-refractivity contribution in [2.45, 2.75) is 0 Å². The summed E-state index contributed by atoms with van der Waals surface area (Å²) < 4.78 is 0. The van der Waals surface area contributed by atoms with Crippen LogP contribution in [0.1, 0.15) is 22.3 Å². The van der Waals surface area contributed by atoms with Gasteiger partial charge in [0, 0.05) is 12.4 Å². The number of hydrogen-bond acceptors (Lipinski definition) is 4. The molecule has 0 bridgehead atoms. The number of aliphatic imine (C=N–C) groups is 4. The Morgan fingerprint density at radius 1 is 0.415 bits per heavy atom. The Kier molecular flexibility index (Phi) is 28.9. The van der Waals surface area contributed by atoms with E-state index in [2.05, 4.69) is 41.5 Å². The van der Waals surface area contributed by atoms with Crippen molar-refractivity contribution in [2.24, 2.45) is 20.0 Å². The van der Waals surface area contributed by atoms with E-state index in [-0.39, 0.29) is 0 Å². The molecule has 0 heterocycles. The second-order valence-electron chi connectivity index (χ2n) is 9.88. The molecule has 6 aromatic rings. The van der Waals surface area contributed by atoms with Crippen LogP contribution in [0.15, 0.2) is 184 Å². The zero-order valence-corrected chi connectivity index (χ0v) is 43.3. The van der Waals surface area contributed by atoms with E-state index in [1.54, 1.807) is 18.8 Å². The normalized spacial score (nSPS) is 11.1. The molecule has 0 saturated carbocycles. The summed E-state index contributed by atoms with van der Waals surface area (Å²) >= 11 is 1.06. The van der Waals surface area contributed by atoms with Gasteiger partial charge >= 0.3 is 141 Å². The van der Waals surface area contributed by atoms with Crippen molar-refractivity contribution < 1.29 is 30.7 Å². The summed E-state index contributed by atoms with van der Waals surface area (Å²) in [6, 6.07) is 56.9. The number of rotatable bonds is 8. The van der Waals surface area contributed by atoms with Crippen molar-refractivity contribution in [1.29, 1.82) is 0 Å². The molecule has 0 aliphatic carbocycles. The topological polar surface area (TPSA) is 49.4 Å². The van der Waals surface area contributed by atoms with Crippen LogP contribution in [0.4, 0.5) is 22.7 Å². The molecule has 0 aromatic heterocycles. The predicted octanol–water partition coefficient (Wildman–Crippen LogP) is 12.9. The minimum absolute atomic E-state index is 0.930. The second kappa shape index (κ2) is 31.1. The summed E-state index contributed by atoms with van der Waals surface area (Å²) in [5.74, 6) is 0. The Morgan fingerprint density at radius 3 is 0.981 bits per heavy atom. The molecule has 0 amide bonds. The SMILES string of the molecule is C(=Nc1ccccc1)c1cccc(C=Nc2ccccc2)c1.[Cl][Pt+].[Cl][Pt]([Cl])([Cl])[Cl].[K][K].[c-]1c(C=Nc2ccccc2)cccc1C=Nc1ccccc1. The van der Waals surface area contributed by atoms with Crippen molar-refractivity contribution >= 4 is 158 Å². The van der Waals surface area contributed by atoms with Gasteiger partial charge in [-0.25, -0.2) is 0 Å². The quantitative estimate of drug-likeness (QED) is 0.0828. The third-order valence-electron chi connectivity index (χ3n) is 6.21. The zero-order valence-electron chi connectivity index (χ0n) is 28.7. The molecule has 0 saturated heterocycles. The second-order valence-corrected chi connectivity index (χ2v) is 29.6. The van der Waals surface area contributed by atoms with Gasteiger partial charge in [-0.15, -0.1) is 35.4 Å². The summed E-state index contributed by atoms with van der Waals surface area (Å²) in [6.07, 6.45) is 7.37. The number of benzene rings is 6. The van der Waals surface area contributed by atoms with Gasteiger partial charge in [-0.3, -0.25) is 20.0 Å². The van der Waals surface area contributed by atoms with Crippen LogP contribution >= 0.6 is 47.1 Å². The van der Waals surface area contributed by atoms with Crippen LogP contribution in [0.25, 0.3) is 0 Å². The smallest absolute Gasteiger partial charge is 0.0538 e. The maximum Gasteiger partial charge on any atom is 0.0538 e. The summed E-state index contributed by atoms with van der Waals surface area (Å²) in [4.78, 5) is 17.8. The van der Waals surface area contributed by atoms with Crippen LogP contribution < -0.4 is 0 Å². The maximum atomic E-state index is 5.01. The zero-order chi connectivity index (χ0) is 38.6. The van der Waals surface area contributed by atoms with Crippen molar-refractivity contribution in [1.82, 2.24) is 0 Å². The third-order valence-corrected chi connectivity index (χ3v) is 6.21. The van der Waals surface area contributed by atoms with Crippen molar-refractivity contribution in [3.8, 4) is 0 Å². The first-order valence-electron chi connectivity index (χ1n) is 15.9. The molecule has 0 spiro atoms. The fourth-order valence-corrected chi connectivity index (χ4v) is 4.02. The van der Waals surface area contributed by atoms with Gasteiger partial charge in [-0.1, -0.05) is 91.0 Å². The van der Waals surface area contributed by atoms with E-state index in [0.717, 1.165) is 45.0 Å². The van der Waals surface area contributed by atoms with E-state index >= 15 is 0 Å². The Labute approximate surface area is 392 Å². The van der Waals surface area contributed by atoms with Crippen LogP contribution in [-0.4, -0.2) is 88.0 Å². The van der Waals surface area contributed by atoms with Gasteiger partial charge in [0.05, 0.1) is 22.7 Å². The fourth-order valence-electron chi connectivity index (χ4n) is 4.02. The van der Waals surface area contributed by atoms with Gasteiger partial charge in [-0.2, -0.15) is 0 Å². The molecule has 13 heteroatoms. The van der Waals surface area contributed by atoms with Gasteiger partial charge in [0.25, 0.3) is 0 Å². The van der Waals surface area contributed by atoms with Crippen LogP contribution in [0, 0.1) is 6.07 Å².